The van der Waals surface area contributed by atoms with Gasteiger partial charge in [0.2, 0.25) is 0 Å². The van der Waals surface area contributed by atoms with E-state index in [1.54, 1.807) is 0 Å². The molecular weight excluding hydrogens is 256 g/mol. The molecule has 0 fully saturated rings. The van der Waals surface area contributed by atoms with Crippen LogP contribution in [0.3, 0.4) is 0 Å². The second-order valence-corrected chi connectivity index (χ2v) is 8.20. The molecule has 0 spiro atoms. The number of allylic oxidation sites excluding steroid dienone is 2. The molecule has 1 nitrogen and oxygen atoms in total. The number of unbranched alkanes of at least 4 members (excludes halogenated alkanes) is 1. The smallest absolute Gasteiger partial charge is 0.114 e. The van der Waals surface area contributed by atoms with Gasteiger partial charge in [-0.15, -0.1) is 6.42 Å². The Morgan fingerprint density at radius 3 is 2.10 bits per heavy atom. The summed E-state index contributed by atoms with van der Waals surface area (Å²) in [5.41, 5.74) is 0.917. The summed E-state index contributed by atoms with van der Waals surface area (Å²) in [7, 11) is 0. The third-order valence-corrected chi connectivity index (χ3v) is 3.97. The maximum absolute atomic E-state index is 9.24. The van der Waals surface area contributed by atoms with Crippen molar-refractivity contribution in [3.05, 3.63) is 12.2 Å². The van der Waals surface area contributed by atoms with Gasteiger partial charge in [0.25, 0.3) is 0 Å². The number of terminal acetylenes is 1. The normalized spacial score (nSPS) is 14.3. The van der Waals surface area contributed by atoms with Crippen LogP contribution in [0.1, 0.15) is 86.0 Å². The van der Waals surface area contributed by atoms with Crippen LogP contribution >= 0.6 is 0 Å². The topological polar surface area (TPSA) is 20.2 Å². The van der Waals surface area contributed by atoms with Gasteiger partial charge in [0.1, 0.15) is 6.10 Å². The van der Waals surface area contributed by atoms with Gasteiger partial charge in [-0.05, 0) is 55.8 Å². The van der Waals surface area contributed by atoms with E-state index in [9.17, 15) is 5.11 Å². The first-order valence-electron chi connectivity index (χ1n) is 8.45. The molecule has 1 heteroatoms. The van der Waals surface area contributed by atoms with Crippen LogP contribution in [-0.4, -0.2) is 11.2 Å². The van der Waals surface area contributed by atoms with Crippen molar-refractivity contribution in [3.8, 4) is 12.3 Å². The number of hydrogen-bond donors (Lipinski definition) is 1. The third kappa shape index (κ3) is 14.0. The third-order valence-electron chi connectivity index (χ3n) is 3.97. The summed E-state index contributed by atoms with van der Waals surface area (Å²) in [6, 6.07) is 0. The summed E-state index contributed by atoms with van der Waals surface area (Å²) in [6.45, 7) is 11.7. The lowest BCUT2D eigenvalue weighted by Crippen LogP contribution is -2.13. The Morgan fingerprint density at radius 2 is 1.52 bits per heavy atom. The fourth-order valence-corrected chi connectivity index (χ4v) is 2.49. The Balaban J connectivity index is 3.70. The van der Waals surface area contributed by atoms with Crippen LogP contribution in [0.5, 0.6) is 0 Å². The zero-order valence-corrected chi connectivity index (χ0v) is 14.9. The molecule has 21 heavy (non-hydrogen) atoms. The maximum atomic E-state index is 9.24. The van der Waals surface area contributed by atoms with Crippen LogP contribution in [0.4, 0.5) is 0 Å². The molecule has 0 aliphatic carbocycles. The highest BCUT2D eigenvalue weighted by molar-refractivity contribution is 4.94. The molecule has 1 N–H and O–H groups in total. The van der Waals surface area contributed by atoms with Crippen molar-refractivity contribution in [1.82, 2.24) is 0 Å². The summed E-state index contributed by atoms with van der Waals surface area (Å²) >= 11 is 0. The van der Waals surface area contributed by atoms with Crippen LogP contribution in [-0.2, 0) is 0 Å². The van der Waals surface area contributed by atoms with Gasteiger partial charge >= 0.3 is 0 Å². The molecule has 0 saturated heterocycles. The van der Waals surface area contributed by atoms with Gasteiger partial charge in [-0.2, -0.15) is 0 Å². The second-order valence-electron chi connectivity index (χ2n) is 8.20. The van der Waals surface area contributed by atoms with E-state index in [1.165, 1.54) is 32.1 Å². The van der Waals surface area contributed by atoms with E-state index in [0.717, 1.165) is 12.8 Å². The lowest BCUT2D eigenvalue weighted by Gasteiger charge is -2.26. The molecule has 0 saturated carbocycles. The Hall–Kier alpha value is -0.740. The average molecular weight is 293 g/mol. The van der Waals surface area contributed by atoms with E-state index in [1.807, 2.05) is 0 Å². The monoisotopic (exact) mass is 292 g/mol. The highest BCUT2D eigenvalue weighted by atomic mass is 16.3. The first-order valence-corrected chi connectivity index (χ1v) is 8.45. The quantitative estimate of drug-likeness (QED) is 0.310. The Labute approximate surface area is 133 Å². The van der Waals surface area contributed by atoms with Gasteiger partial charge in [-0.1, -0.05) is 59.1 Å². The molecule has 0 rings (SSSR count). The van der Waals surface area contributed by atoms with E-state index in [4.69, 9.17) is 6.42 Å². The molecule has 1 unspecified atom stereocenters. The van der Waals surface area contributed by atoms with Crippen LogP contribution in [0, 0.1) is 23.2 Å². The molecule has 0 amide bonds. The molecule has 0 aromatic heterocycles. The number of aliphatic hydroxyl groups excluding tert-OH is 1. The Kier molecular flexibility index (Phi) is 9.71. The van der Waals surface area contributed by atoms with Gasteiger partial charge in [0.15, 0.2) is 0 Å². The van der Waals surface area contributed by atoms with E-state index < -0.39 is 6.10 Å². The molecule has 1 atom stereocenters. The lowest BCUT2D eigenvalue weighted by atomic mass is 9.79. The Morgan fingerprint density at radius 1 is 0.952 bits per heavy atom. The molecule has 0 heterocycles. The molecule has 0 bridgehead atoms. The molecule has 122 valence electrons. The lowest BCUT2D eigenvalue weighted by molar-refractivity contribution is 0.223. The maximum Gasteiger partial charge on any atom is 0.114 e. The molecule has 0 radical (unpaired) electrons. The molecule has 0 aromatic carbocycles. The van der Waals surface area contributed by atoms with Gasteiger partial charge in [-0.25, -0.2) is 0 Å². The highest BCUT2D eigenvalue weighted by Gasteiger charge is 2.18. The van der Waals surface area contributed by atoms with Crippen LogP contribution in [0.25, 0.3) is 0 Å². The second kappa shape index (κ2) is 10.1. The predicted molar refractivity (Wildman–Crippen MR) is 94.2 cm³/mol. The van der Waals surface area contributed by atoms with E-state index in [-0.39, 0.29) is 0 Å². The Bertz CT molecular complexity index is 325. The summed E-state index contributed by atoms with van der Waals surface area (Å²) in [6.07, 6.45) is 18.1. The standard InChI is InChI=1S/C20H36O/c1-7-18(21)14-11-9-8-10-12-16-20(5,6)17-13-15-19(2,3)4/h1,8-9,18,21H,10-17H2,2-6H3/b9-8+. The van der Waals surface area contributed by atoms with Crippen molar-refractivity contribution in [2.24, 2.45) is 10.8 Å². The van der Waals surface area contributed by atoms with E-state index in [0.29, 0.717) is 17.3 Å². The minimum absolute atomic E-state index is 0.457. The first kappa shape index (κ1) is 20.3. The fourth-order valence-electron chi connectivity index (χ4n) is 2.49. The zero-order chi connectivity index (χ0) is 16.4. The zero-order valence-electron chi connectivity index (χ0n) is 14.9. The molecule has 0 aromatic rings. The van der Waals surface area contributed by atoms with Crippen LogP contribution < -0.4 is 0 Å². The van der Waals surface area contributed by atoms with Gasteiger partial charge in [0, 0.05) is 0 Å². The van der Waals surface area contributed by atoms with Crippen LogP contribution in [0.15, 0.2) is 12.2 Å². The summed E-state index contributed by atoms with van der Waals surface area (Å²) in [5, 5.41) is 9.24. The number of hydrogen-bond acceptors (Lipinski definition) is 1. The van der Waals surface area contributed by atoms with Crippen molar-refractivity contribution < 1.29 is 5.11 Å². The molecular formula is C20H36O. The van der Waals surface area contributed by atoms with E-state index >= 15 is 0 Å². The van der Waals surface area contributed by atoms with Gasteiger partial charge < -0.3 is 5.11 Å². The number of rotatable bonds is 10. The minimum atomic E-state index is -0.587. The van der Waals surface area contributed by atoms with Crippen molar-refractivity contribution in [3.63, 3.8) is 0 Å². The van der Waals surface area contributed by atoms with E-state index in [2.05, 4.69) is 52.7 Å². The van der Waals surface area contributed by atoms with Gasteiger partial charge in [-0.3, -0.25) is 0 Å². The molecule has 0 aliphatic heterocycles. The minimum Gasteiger partial charge on any atom is -0.380 e. The van der Waals surface area contributed by atoms with Crippen molar-refractivity contribution >= 4 is 0 Å². The summed E-state index contributed by atoms with van der Waals surface area (Å²) in [4.78, 5) is 0. The van der Waals surface area contributed by atoms with Crippen molar-refractivity contribution in [2.45, 2.75) is 92.1 Å². The first-order chi connectivity index (χ1) is 9.66. The molecule has 0 aliphatic rings. The summed E-state index contributed by atoms with van der Waals surface area (Å²) < 4.78 is 0. The average Bonchev–Trinajstić information content (AvgIpc) is 2.35. The fraction of sp³-hybridized carbons (Fsp3) is 0.800. The highest BCUT2D eigenvalue weighted by Crippen LogP contribution is 2.32. The SMILES string of the molecule is C#CC(O)CC/C=C/CCCC(C)(C)CCCC(C)(C)C. The van der Waals surface area contributed by atoms with Crippen LogP contribution in [0.2, 0.25) is 0 Å². The predicted octanol–water partition coefficient (Wildman–Crippen LogP) is 5.73. The van der Waals surface area contributed by atoms with Crippen molar-refractivity contribution in [2.75, 3.05) is 0 Å². The van der Waals surface area contributed by atoms with Crippen molar-refractivity contribution in [1.29, 1.82) is 0 Å². The number of aliphatic hydroxyl groups is 1. The largest absolute Gasteiger partial charge is 0.380 e. The summed E-state index contributed by atoms with van der Waals surface area (Å²) in [5.74, 6) is 2.34. The van der Waals surface area contributed by atoms with Gasteiger partial charge in [0.05, 0.1) is 0 Å².